The molecular formula is C13H22N2O. The van der Waals surface area contributed by atoms with E-state index in [1.807, 2.05) is 0 Å². The summed E-state index contributed by atoms with van der Waals surface area (Å²) < 4.78 is 0. The second-order valence-electron chi connectivity index (χ2n) is 5.02. The van der Waals surface area contributed by atoms with Crippen LogP contribution in [-0.4, -0.2) is 25.5 Å². The fraction of sp³-hybridized carbons (Fsp3) is 0.769. The van der Waals surface area contributed by atoms with Crippen molar-refractivity contribution in [1.29, 1.82) is 0 Å². The van der Waals surface area contributed by atoms with E-state index in [4.69, 9.17) is 0 Å². The minimum Gasteiger partial charge on any atom is -0.355 e. The number of amides is 1. The minimum atomic E-state index is 0.126. The molecule has 16 heavy (non-hydrogen) atoms. The molecule has 2 bridgehead atoms. The maximum Gasteiger partial charge on any atom is 0.233 e. The van der Waals surface area contributed by atoms with Gasteiger partial charge in [-0.1, -0.05) is 19.1 Å². The first-order chi connectivity index (χ1) is 7.79. The average molecular weight is 222 g/mol. The zero-order valence-corrected chi connectivity index (χ0v) is 10.0. The third-order valence-electron chi connectivity index (χ3n) is 3.68. The van der Waals surface area contributed by atoms with Gasteiger partial charge in [0, 0.05) is 6.54 Å². The molecule has 0 heterocycles. The predicted octanol–water partition coefficient (Wildman–Crippen LogP) is 1.31. The molecule has 2 rings (SSSR count). The molecule has 2 aliphatic carbocycles. The van der Waals surface area contributed by atoms with Crippen molar-refractivity contribution >= 4 is 5.91 Å². The van der Waals surface area contributed by atoms with Crippen molar-refractivity contribution in [1.82, 2.24) is 10.6 Å². The van der Waals surface area contributed by atoms with Crippen LogP contribution in [-0.2, 0) is 4.79 Å². The summed E-state index contributed by atoms with van der Waals surface area (Å²) in [5.41, 5.74) is 0. The molecule has 0 saturated heterocycles. The number of allylic oxidation sites excluding steroid dienone is 2. The first kappa shape index (κ1) is 11.6. The SMILES string of the molecule is CCCNC(=O)CNCC1CC2C=CC1C2. The number of nitrogens with one attached hydrogen (secondary N) is 2. The van der Waals surface area contributed by atoms with Gasteiger partial charge in [0.1, 0.15) is 0 Å². The molecule has 0 aliphatic heterocycles. The quantitative estimate of drug-likeness (QED) is 0.665. The van der Waals surface area contributed by atoms with Crippen LogP contribution in [0.15, 0.2) is 12.2 Å². The largest absolute Gasteiger partial charge is 0.355 e. The van der Waals surface area contributed by atoms with Crippen LogP contribution in [0.5, 0.6) is 0 Å². The third-order valence-corrected chi connectivity index (χ3v) is 3.68. The molecule has 3 heteroatoms. The van der Waals surface area contributed by atoms with Gasteiger partial charge in [0.2, 0.25) is 5.91 Å². The summed E-state index contributed by atoms with van der Waals surface area (Å²) in [5.74, 6) is 2.48. The van der Waals surface area contributed by atoms with Crippen molar-refractivity contribution in [2.45, 2.75) is 26.2 Å². The standard InChI is InChI=1S/C13H22N2O/c1-2-5-15-13(16)9-14-8-12-7-10-3-4-11(12)6-10/h3-4,10-12,14H,2,5-9H2,1H3,(H,15,16). The lowest BCUT2D eigenvalue weighted by molar-refractivity contribution is -0.120. The Hall–Kier alpha value is -0.830. The Labute approximate surface area is 97.7 Å². The Morgan fingerprint density at radius 1 is 1.38 bits per heavy atom. The Morgan fingerprint density at radius 2 is 2.25 bits per heavy atom. The Morgan fingerprint density at radius 3 is 2.88 bits per heavy atom. The summed E-state index contributed by atoms with van der Waals surface area (Å²) in [6, 6.07) is 0. The normalized spacial score (nSPS) is 30.9. The van der Waals surface area contributed by atoms with Crippen molar-refractivity contribution in [2.75, 3.05) is 19.6 Å². The molecule has 2 N–H and O–H groups in total. The fourth-order valence-corrected chi connectivity index (χ4v) is 2.83. The highest BCUT2D eigenvalue weighted by Gasteiger charge is 2.34. The van der Waals surface area contributed by atoms with E-state index in [-0.39, 0.29) is 5.91 Å². The number of carbonyl (C=O) groups is 1. The van der Waals surface area contributed by atoms with E-state index in [0.29, 0.717) is 6.54 Å². The van der Waals surface area contributed by atoms with Crippen molar-refractivity contribution in [3.63, 3.8) is 0 Å². The molecule has 0 aromatic carbocycles. The van der Waals surface area contributed by atoms with E-state index in [1.54, 1.807) is 0 Å². The Bertz CT molecular complexity index is 275. The van der Waals surface area contributed by atoms with E-state index in [2.05, 4.69) is 29.7 Å². The van der Waals surface area contributed by atoms with Gasteiger partial charge in [-0.15, -0.1) is 0 Å². The molecule has 3 unspecified atom stereocenters. The molecule has 3 nitrogen and oxygen atoms in total. The maximum absolute atomic E-state index is 11.3. The first-order valence-corrected chi connectivity index (χ1v) is 6.45. The average Bonchev–Trinajstić information content (AvgIpc) is 2.88. The lowest BCUT2D eigenvalue weighted by Gasteiger charge is -2.18. The summed E-state index contributed by atoms with van der Waals surface area (Å²) in [7, 11) is 0. The molecule has 1 amide bonds. The van der Waals surface area contributed by atoms with Crippen molar-refractivity contribution in [3.05, 3.63) is 12.2 Å². The molecule has 2 aliphatic rings. The molecule has 0 aromatic rings. The molecule has 1 fully saturated rings. The van der Waals surface area contributed by atoms with Crippen LogP contribution in [0.25, 0.3) is 0 Å². The summed E-state index contributed by atoms with van der Waals surface area (Å²) >= 11 is 0. The maximum atomic E-state index is 11.3. The van der Waals surface area contributed by atoms with E-state index in [1.165, 1.54) is 12.8 Å². The minimum absolute atomic E-state index is 0.126. The van der Waals surface area contributed by atoms with Crippen molar-refractivity contribution in [2.24, 2.45) is 17.8 Å². The molecule has 0 spiro atoms. The molecule has 1 saturated carbocycles. The van der Waals surface area contributed by atoms with Gasteiger partial charge < -0.3 is 10.6 Å². The van der Waals surface area contributed by atoms with Gasteiger partial charge in [-0.25, -0.2) is 0 Å². The van der Waals surface area contributed by atoms with E-state index < -0.39 is 0 Å². The third kappa shape index (κ3) is 2.85. The van der Waals surface area contributed by atoms with Crippen LogP contribution >= 0.6 is 0 Å². The van der Waals surface area contributed by atoms with Crippen LogP contribution in [0.3, 0.4) is 0 Å². The van der Waals surface area contributed by atoms with Crippen LogP contribution in [0.2, 0.25) is 0 Å². The van der Waals surface area contributed by atoms with Crippen LogP contribution < -0.4 is 10.6 Å². The van der Waals surface area contributed by atoms with Gasteiger partial charge >= 0.3 is 0 Å². The summed E-state index contributed by atoms with van der Waals surface area (Å²) in [6.07, 6.45) is 8.37. The Kier molecular flexibility index (Phi) is 3.99. The van der Waals surface area contributed by atoms with Gasteiger partial charge in [-0.2, -0.15) is 0 Å². The molecule has 0 aromatic heterocycles. The summed E-state index contributed by atoms with van der Waals surface area (Å²) in [4.78, 5) is 11.3. The lowest BCUT2D eigenvalue weighted by Crippen LogP contribution is -2.36. The zero-order chi connectivity index (χ0) is 11.4. The van der Waals surface area contributed by atoms with Gasteiger partial charge in [-0.3, -0.25) is 4.79 Å². The van der Waals surface area contributed by atoms with E-state index in [9.17, 15) is 4.79 Å². The van der Waals surface area contributed by atoms with Crippen LogP contribution in [0.1, 0.15) is 26.2 Å². The topological polar surface area (TPSA) is 41.1 Å². The number of hydrogen-bond donors (Lipinski definition) is 2. The van der Waals surface area contributed by atoms with Crippen molar-refractivity contribution < 1.29 is 4.79 Å². The number of hydrogen-bond acceptors (Lipinski definition) is 2. The number of carbonyl (C=O) groups excluding carboxylic acids is 1. The molecule has 3 atom stereocenters. The second-order valence-corrected chi connectivity index (χ2v) is 5.02. The number of fused-ring (bicyclic) bond motifs is 2. The predicted molar refractivity (Wildman–Crippen MR) is 65.0 cm³/mol. The summed E-state index contributed by atoms with van der Waals surface area (Å²) in [6.45, 7) is 4.31. The van der Waals surface area contributed by atoms with Crippen molar-refractivity contribution in [3.8, 4) is 0 Å². The first-order valence-electron chi connectivity index (χ1n) is 6.45. The highest BCUT2D eigenvalue weighted by Crippen LogP contribution is 2.42. The van der Waals surface area contributed by atoms with Gasteiger partial charge in [0.25, 0.3) is 0 Å². The zero-order valence-electron chi connectivity index (χ0n) is 10.0. The van der Waals surface area contributed by atoms with E-state index >= 15 is 0 Å². The highest BCUT2D eigenvalue weighted by atomic mass is 16.1. The Balaban J connectivity index is 1.58. The number of rotatable bonds is 6. The monoisotopic (exact) mass is 222 g/mol. The lowest BCUT2D eigenvalue weighted by atomic mass is 9.94. The van der Waals surface area contributed by atoms with Gasteiger partial charge in [0.15, 0.2) is 0 Å². The molecular weight excluding hydrogens is 200 g/mol. The van der Waals surface area contributed by atoms with E-state index in [0.717, 1.165) is 37.3 Å². The van der Waals surface area contributed by atoms with Gasteiger partial charge in [0.05, 0.1) is 6.54 Å². The fourth-order valence-electron chi connectivity index (χ4n) is 2.83. The summed E-state index contributed by atoms with van der Waals surface area (Å²) in [5, 5.41) is 6.15. The van der Waals surface area contributed by atoms with Crippen LogP contribution in [0.4, 0.5) is 0 Å². The molecule has 90 valence electrons. The molecule has 0 radical (unpaired) electrons. The second kappa shape index (κ2) is 5.48. The smallest absolute Gasteiger partial charge is 0.233 e. The van der Waals surface area contributed by atoms with Gasteiger partial charge in [-0.05, 0) is 43.6 Å². The van der Waals surface area contributed by atoms with Crippen LogP contribution in [0, 0.1) is 17.8 Å². The highest BCUT2D eigenvalue weighted by molar-refractivity contribution is 5.77.